The Morgan fingerprint density at radius 2 is 0.510 bits per heavy atom. The van der Waals surface area contributed by atoms with Gasteiger partial charge in [0.15, 0.2) is 12.2 Å². The Hall–Kier alpha value is -4.02. The van der Waals surface area contributed by atoms with Gasteiger partial charge in [-0.1, -0.05) is 273 Å². The molecule has 0 aliphatic heterocycles. The van der Waals surface area contributed by atoms with Gasteiger partial charge in [0.2, 0.25) is 0 Å². The lowest BCUT2D eigenvalue weighted by atomic mass is 10.1. The van der Waals surface area contributed by atoms with Crippen LogP contribution in [0.1, 0.15) is 349 Å². The van der Waals surface area contributed by atoms with Gasteiger partial charge in [0.25, 0.3) is 0 Å². The second-order valence-electron chi connectivity index (χ2n) is 27.0. The van der Waals surface area contributed by atoms with Crippen LogP contribution in [-0.4, -0.2) is 96.7 Å². The third-order valence-electron chi connectivity index (χ3n) is 17.0. The van der Waals surface area contributed by atoms with Crippen molar-refractivity contribution < 1.29 is 80.2 Å². The number of phosphoric acid groups is 2. The van der Waals surface area contributed by atoms with Gasteiger partial charge in [-0.05, 0) is 148 Å². The SMILES string of the molecule is CC/C=C\C/C=C\C/C=C\C/C=C\C/C=C\CCCCCC(=O)O[C@H](COC(=O)CCCCCCCCC/C=C\CCCCCC)COP(=O)(O)OC[C@@H](O)COP(=O)(O)OC[C@@H](COC(=O)CCCCCCCCC/C=C\CCCCCC)OC(=O)CCCCCCC/C=C\CCCCCC. The maximum Gasteiger partial charge on any atom is 0.472 e. The zero-order chi connectivity index (χ0) is 74.6. The first-order valence-corrected chi connectivity index (χ1v) is 43.5. The Kier molecular flexibility index (Phi) is 72.3. The van der Waals surface area contributed by atoms with E-state index in [0.29, 0.717) is 25.7 Å². The van der Waals surface area contributed by atoms with Gasteiger partial charge in [-0.25, -0.2) is 9.13 Å². The average Bonchev–Trinajstić information content (AvgIpc) is 0.908. The lowest BCUT2D eigenvalue weighted by Gasteiger charge is -2.21. The average molecular weight is 1480 g/mol. The number of allylic oxidation sites excluding steroid dienone is 16. The highest BCUT2D eigenvalue weighted by Crippen LogP contribution is 2.45. The zero-order valence-corrected chi connectivity index (χ0v) is 66.3. The molecule has 0 amide bonds. The van der Waals surface area contributed by atoms with Crippen molar-refractivity contribution in [1.82, 2.24) is 0 Å². The van der Waals surface area contributed by atoms with Gasteiger partial charge in [-0.2, -0.15) is 0 Å². The minimum absolute atomic E-state index is 0.0552. The summed E-state index contributed by atoms with van der Waals surface area (Å²) < 4.78 is 68.6. The molecule has 0 bridgehead atoms. The van der Waals surface area contributed by atoms with E-state index in [2.05, 4.69) is 125 Å². The summed E-state index contributed by atoms with van der Waals surface area (Å²) in [5, 5.41) is 10.6. The van der Waals surface area contributed by atoms with Crippen LogP contribution in [0.4, 0.5) is 0 Å². The van der Waals surface area contributed by atoms with Gasteiger partial charge >= 0.3 is 39.5 Å². The summed E-state index contributed by atoms with van der Waals surface area (Å²) in [6.45, 7) is 4.71. The summed E-state index contributed by atoms with van der Waals surface area (Å²) >= 11 is 0. The fourth-order valence-corrected chi connectivity index (χ4v) is 12.4. The summed E-state index contributed by atoms with van der Waals surface area (Å²) in [5.74, 6) is -2.21. The molecule has 3 N–H and O–H groups in total. The van der Waals surface area contributed by atoms with Gasteiger partial charge < -0.3 is 33.8 Å². The molecule has 17 nitrogen and oxygen atoms in total. The van der Waals surface area contributed by atoms with Crippen LogP contribution in [-0.2, 0) is 65.4 Å². The molecule has 0 spiro atoms. The number of ether oxygens (including phenoxy) is 4. The fourth-order valence-electron chi connectivity index (χ4n) is 10.8. The second-order valence-corrected chi connectivity index (χ2v) is 29.9. The highest BCUT2D eigenvalue weighted by atomic mass is 31.2. The Balaban J connectivity index is 5.38. The highest BCUT2D eigenvalue weighted by Gasteiger charge is 2.30. The number of carbonyl (C=O) groups is 4. The van der Waals surface area contributed by atoms with E-state index in [4.69, 9.17) is 37.0 Å². The van der Waals surface area contributed by atoms with Crippen molar-refractivity contribution >= 4 is 39.5 Å². The molecule has 19 heteroatoms. The number of phosphoric ester groups is 2. The molecule has 0 fully saturated rings. The lowest BCUT2D eigenvalue weighted by Crippen LogP contribution is -2.30. The third kappa shape index (κ3) is 74.3. The van der Waals surface area contributed by atoms with Gasteiger partial charge in [-0.3, -0.25) is 37.3 Å². The van der Waals surface area contributed by atoms with E-state index in [0.717, 1.165) is 167 Å². The summed E-state index contributed by atoms with van der Waals surface area (Å²) in [6.07, 6.45) is 79.5. The van der Waals surface area contributed by atoms with Crippen molar-refractivity contribution in [2.45, 2.75) is 367 Å². The van der Waals surface area contributed by atoms with Crippen molar-refractivity contribution in [2.75, 3.05) is 39.6 Å². The van der Waals surface area contributed by atoms with Crippen LogP contribution in [0.3, 0.4) is 0 Å². The molecule has 0 aliphatic rings. The molecular weight excluding hydrogens is 1330 g/mol. The van der Waals surface area contributed by atoms with Gasteiger partial charge in [0, 0.05) is 25.7 Å². The molecule has 0 aliphatic carbocycles. The van der Waals surface area contributed by atoms with Crippen LogP contribution in [0.15, 0.2) is 97.2 Å². The summed E-state index contributed by atoms with van der Waals surface area (Å²) in [6, 6.07) is 0. The summed E-state index contributed by atoms with van der Waals surface area (Å²) in [4.78, 5) is 73.0. The predicted octanol–water partition coefficient (Wildman–Crippen LogP) is 23.6. The molecule has 590 valence electrons. The Bertz CT molecular complexity index is 2310. The van der Waals surface area contributed by atoms with Crippen LogP contribution >= 0.6 is 15.6 Å². The number of carbonyl (C=O) groups excluding carboxylic acids is 4. The van der Waals surface area contributed by atoms with Crippen molar-refractivity contribution in [3.05, 3.63) is 97.2 Å². The molecule has 0 saturated heterocycles. The normalized spacial score (nSPS) is 14.4. The first kappa shape index (κ1) is 98.0. The van der Waals surface area contributed by atoms with Crippen molar-refractivity contribution in [3.63, 3.8) is 0 Å². The van der Waals surface area contributed by atoms with Crippen LogP contribution in [0.2, 0.25) is 0 Å². The van der Waals surface area contributed by atoms with Crippen LogP contribution in [0.5, 0.6) is 0 Å². The first-order valence-electron chi connectivity index (χ1n) is 40.5. The summed E-state index contributed by atoms with van der Waals surface area (Å²) in [7, 11) is -9.97. The van der Waals surface area contributed by atoms with E-state index in [-0.39, 0.29) is 25.7 Å². The molecule has 0 rings (SSSR count). The van der Waals surface area contributed by atoms with Gasteiger partial charge in [0.1, 0.15) is 19.3 Å². The molecule has 0 saturated carbocycles. The molecular formula is C83H146O17P2. The maximum atomic E-state index is 13.1. The quantitative estimate of drug-likeness (QED) is 0.0169. The second kappa shape index (κ2) is 75.2. The predicted molar refractivity (Wildman–Crippen MR) is 418 cm³/mol. The number of aliphatic hydroxyl groups is 1. The molecule has 5 atom stereocenters. The van der Waals surface area contributed by atoms with Gasteiger partial charge in [-0.15, -0.1) is 0 Å². The molecule has 0 aromatic carbocycles. The van der Waals surface area contributed by atoms with E-state index >= 15 is 0 Å². The maximum absolute atomic E-state index is 13.1. The molecule has 0 radical (unpaired) electrons. The van der Waals surface area contributed by atoms with E-state index in [1.54, 1.807) is 0 Å². The molecule has 0 aromatic rings. The van der Waals surface area contributed by atoms with E-state index in [1.165, 1.54) is 103 Å². The molecule has 2 unspecified atom stereocenters. The highest BCUT2D eigenvalue weighted by molar-refractivity contribution is 7.47. The monoisotopic (exact) mass is 1480 g/mol. The first-order chi connectivity index (χ1) is 49.7. The number of esters is 4. The van der Waals surface area contributed by atoms with Crippen molar-refractivity contribution in [3.8, 4) is 0 Å². The van der Waals surface area contributed by atoms with E-state index in [9.17, 15) is 43.2 Å². The zero-order valence-electron chi connectivity index (χ0n) is 64.5. The largest absolute Gasteiger partial charge is 0.472 e. The van der Waals surface area contributed by atoms with Gasteiger partial charge in [0.05, 0.1) is 26.4 Å². The van der Waals surface area contributed by atoms with Crippen LogP contribution < -0.4 is 0 Å². The number of unbranched alkanes of at least 4 members (excludes halogenated alkanes) is 34. The standard InChI is InChI=1S/C83H146O17P2/c1-5-9-13-17-21-25-29-33-36-37-38-39-42-46-50-54-58-62-66-70-83(88)100-79(74-94-81(86)68-64-60-56-52-48-45-41-35-31-27-23-19-15-11-7-3)76-98-102(91,92)96-72-77(84)71-95-101(89,90)97-75-78(99-82(87)69-65-61-57-53-49-43-32-28-24-20-16-12-8-4)73-93-80(85)67-63-59-55-51-47-44-40-34-30-26-22-18-14-10-6-2/h9,13,21,25-28,30-33,36,38-39,46,50,77-79,84H,5-8,10-12,14-20,22-24,29,34-35,37,40-45,47-49,51-76H2,1-4H3,(H,89,90)(H,91,92)/b13-9-,25-21-,30-26-,31-27-,32-28-,36-33-,39-38-,50-46-/t77-,78+,79+/m0/s1. The Morgan fingerprint density at radius 3 is 0.804 bits per heavy atom. The minimum Gasteiger partial charge on any atom is -0.462 e. The van der Waals surface area contributed by atoms with E-state index in [1.807, 2.05) is 0 Å². The smallest absolute Gasteiger partial charge is 0.462 e. The lowest BCUT2D eigenvalue weighted by molar-refractivity contribution is -0.161. The Morgan fingerprint density at radius 1 is 0.284 bits per heavy atom. The van der Waals surface area contributed by atoms with Crippen LogP contribution in [0.25, 0.3) is 0 Å². The topological polar surface area (TPSA) is 237 Å². The van der Waals surface area contributed by atoms with Crippen molar-refractivity contribution in [2.24, 2.45) is 0 Å². The molecule has 0 aromatic heterocycles. The number of hydrogen-bond acceptors (Lipinski definition) is 15. The third-order valence-corrected chi connectivity index (χ3v) is 18.9. The minimum atomic E-state index is -4.99. The van der Waals surface area contributed by atoms with E-state index < -0.39 is 97.5 Å². The number of aliphatic hydroxyl groups excluding tert-OH is 1. The molecule has 0 heterocycles. The van der Waals surface area contributed by atoms with Crippen molar-refractivity contribution in [1.29, 1.82) is 0 Å². The van der Waals surface area contributed by atoms with Crippen LogP contribution in [0, 0.1) is 0 Å². The fraction of sp³-hybridized carbons (Fsp3) is 0.759. The molecule has 102 heavy (non-hydrogen) atoms. The number of hydrogen-bond donors (Lipinski definition) is 3. The number of rotatable bonds is 76. The Labute approximate surface area is 620 Å². The summed E-state index contributed by atoms with van der Waals surface area (Å²) in [5.41, 5.74) is 0.